The molecule has 4 heteroatoms. The average molecular weight is 199 g/mol. The zero-order valence-electron chi connectivity index (χ0n) is 7.17. The zero-order chi connectivity index (χ0) is 9.07. The quantitative estimate of drug-likeness (QED) is 0.646. The van der Waals surface area contributed by atoms with Gasteiger partial charge < -0.3 is 0 Å². The first-order valence-electron chi connectivity index (χ1n) is 3.75. The second-order valence-electron chi connectivity index (χ2n) is 2.83. The van der Waals surface area contributed by atoms with E-state index in [2.05, 4.69) is 0 Å². The summed E-state index contributed by atoms with van der Waals surface area (Å²) >= 11 is 5.58. The number of halogens is 1. The highest BCUT2D eigenvalue weighted by molar-refractivity contribution is 7.92. The van der Waals surface area contributed by atoms with Crippen LogP contribution in [0, 0.1) is 0 Å². The van der Waals surface area contributed by atoms with Crippen LogP contribution >= 0.6 is 11.6 Å². The molecule has 0 aliphatic carbocycles. The Hall–Kier alpha value is 0.240. The van der Waals surface area contributed by atoms with Gasteiger partial charge in [0, 0.05) is 5.38 Å². The van der Waals surface area contributed by atoms with Crippen molar-refractivity contribution < 1.29 is 8.42 Å². The molecule has 0 saturated heterocycles. The van der Waals surface area contributed by atoms with Crippen LogP contribution in [0.5, 0.6) is 0 Å². The Morgan fingerprint density at radius 3 is 2.09 bits per heavy atom. The van der Waals surface area contributed by atoms with Gasteiger partial charge in [-0.15, -0.1) is 11.6 Å². The SMILES string of the molecule is CCC(C)S(=O)(=O)CC(C)Cl. The summed E-state index contributed by atoms with van der Waals surface area (Å²) in [6.07, 6.45) is 0.659. The highest BCUT2D eigenvalue weighted by Gasteiger charge is 2.20. The fraction of sp³-hybridized carbons (Fsp3) is 1.00. The first-order chi connectivity index (χ1) is 4.90. The molecule has 0 radical (unpaired) electrons. The van der Waals surface area contributed by atoms with Crippen LogP contribution in [0.25, 0.3) is 0 Å². The molecule has 0 amide bonds. The Balaban J connectivity index is 4.23. The standard InChI is InChI=1S/C7H15ClO2S/c1-4-7(3)11(9,10)5-6(2)8/h6-7H,4-5H2,1-3H3. The van der Waals surface area contributed by atoms with Crippen LogP contribution in [0.4, 0.5) is 0 Å². The monoisotopic (exact) mass is 198 g/mol. The Morgan fingerprint density at radius 2 is 1.82 bits per heavy atom. The maximum Gasteiger partial charge on any atom is 0.154 e. The second kappa shape index (κ2) is 4.31. The van der Waals surface area contributed by atoms with Crippen LogP contribution in [0.1, 0.15) is 27.2 Å². The summed E-state index contributed by atoms with van der Waals surface area (Å²) in [5.74, 6) is 0.0869. The lowest BCUT2D eigenvalue weighted by Crippen LogP contribution is -2.24. The predicted octanol–water partition coefficient (Wildman–Crippen LogP) is 1.83. The molecule has 0 spiro atoms. The predicted molar refractivity (Wildman–Crippen MR) is 48.9 cm³/mol. The molecule has 0 heterocycles. The van der Waals surface area contributed by atoms with Crippen LogP contribution in [0.2, 0.25) is 0 Å². The van der Waals surface area contributed by atoms with E-state index < -0.39 is 9.84 Å². The third-order valence-corrected chi connectivity index (χ3v) is 4.51. The summed E-state index contributed by atoms with van der Waals surface area (Å²) in [6.45, 7) is 5.28. The maximum absolute atomic E-state index is 11.3. The van der Waals surface area contributed by atoms with E-state index in [1.54, 1.807) is 13.8 Å². The van der Waals surface area contributed by atoms with Gasteiger partial charge in [0.1, 0.15) is 0 Å². The molecule has 0 rings (SSSR count). The van der Waals surface area contributed by atoms with Crippen molar-refractivity contribution in [3.8, 4) is 0 Å². The fourth-order valence-electron chi connectivity index (χ4n) is 0.738. The van der Waals surface area contributed by atoms with Gasteiger partial charge >= 0.3 is 0 Å². The van der Waals surface area contributed by atoms with Crippen molar-refractivity contribution in [2.24, 2.45) is 0 Å². The summed E-state index contributed by atoms with van der Waals surface area (Å²) in [5.41, 5.74) is 0. The number of hydrogen-bond donors (Lipinski definition) is 0. The van der Waals surface area contributed by atoms with Crippen LogP contribution in [0.3, 0.4) is 0 Å². The molecule has 0 aliphatic heterocycles. The molecule has 2 nitrogen and oxygen atoms in total. The Morgan fingerprint density at radius 1 is 1.36 bits per heavy atom. The average Bonchev–Trinajstić information content (AvgIpc) is 1.83. The lowest BCUT2D eigenvalue weighted by Gasteiger charge is -2.10. The van der Waals surface area contributed by atoms with E-state index in [4.69, 9.17) is 11.6 Å². The molecule has 0 aliphatic rings. The van der Waals surface area contributed by atoms with E-state index in [-0.39, 0.29) is 16.4 Å². The van der Waals surface area contributed by atoms with E-state index in [1.807, 2.05) is 6.92 Å². The van der Waals surface area contributed by atoms with Gasteiger partial charge in [-0.25, -0.2) is 8.42 Å². The molecule has 0 bridgehead atoms. The van der Waals surface area contributed by atoms with Gasteiger partial charge in [-0.05, 0) is 20.3 Å². The van der Waals surface area contributed by atoms with E-state index in [9.17, 15) is 8.42 Å². The number of alkyl halides is 1. The molecule has 0 saturated carbocycles. The van der Waals surface area contributed by atoms with Crippen molar-refractivity contribution >= 4 is 21.4 Å². The topological polar surface area (TPSA) is 34.1 Å². The lowest BCUT2D eigenvalue weighted by atomic mass is 10.4. The van der Waals surface area contributed by atoms with E-state index in [0.717, 1.165) is 0 Å². The highest BCUT2D eigenvalue weighted by Crippen LogP contribution is 2.09. The molecule has 0 aromatic heterocycles. The third kappa shape index (κ3) is 3.97. The molecule has 68 valence electrons. The summed E-state index contributed by atoms with van der Waals surface area (Å²) in [6, 6.07) is 0. The van der Waals surface area contributed by atoms with E-state index in [1.165, 1.54) is 0 Å². The maximum atomic E-state index is 11.3. The summed E-state index contributed by atoms with van der Waals surface area (Å²) < 4.78 is 22.6. The van der Waals surface area contributed by atoms with Crippen molar-refractivity contribution in [1.82, 2.24) is 0 Å². The van der Waals surface area contributed by atoms with E-state index >= 15 is 0 Å². The molecule has 0 aromatic carbocycles. The van der Waals surface area contributed by atoms with Crippen molar-refractivity contribution in [3.05, 3.63) is 0 Å². The first kappa shape index (κ1) is 11.2. The minimum absolute atomic E-state index is 0.0869. The van der Waals surface area contributed by atoms with Crippen LogP contribution < -0.4 is 0 Å². The molecule has 0 aromatic rings. The number of sulfone groups is 1. The van der Waals surface area contributed by atoms with Gasteiger partial charge in [-0.1, -0.05) is 6.92 Å². The van der Waals surface area contributed by atoms with Crippen molar-refractivity contribution in [1.29, 1.82) is 0 Å². The minimum atomic E-state index is -2.94. The largest absolute Gasteiger partial charge is 0.229 e. The van der Waals surface area contributed by atoms with Crippen molar-refractivity contribution in [2.75, 3.05) is 5.75 Å². The number of hydrogen-bond acceptors (Lipinski definition) is 2. The molecule has 0 N–H and O–H groups in total. The molecule has 11 heavy (non-hydrogen) atoms. The van der Waals surface area contributed by atoms with Crippen LogP contribution in [0.15, 0.2) is 0 Å². The van der Waals surface area contributed by atoms with E-state index in [0.29, 0.717) is 6.42 Å². The van der Waals surface area contributed by atoms with Gasteiger partial charge in [0.25, 0.3) is 0 Å². The number of rotatable bonds is 4. The molecular formula is C7H15ClO2S. The molecule has 2 atom stereocenters. The molecular weight excluding hydrogens is 184 g/mol. The van der Waals surface area contributed by atoms with Gasteiger partial charge in [0.2, 0.25) is 0 Å². The Bertz CT molecular complexity index is 196. The minimum Gasteiger partial charge on any atom is -0.229 e. The summed E-state index contributed by atoms with van der Waals surface area (Å²) in [4.78, 5) is 0. The Labute approximate surface area is 73.9 Å². The van der Waals surface area contributed by atoms with Gasteiger partial charge in [-0.3, -0.25) is 0 Å². The van der Waals surface area contributed by atoms with Crippen molar-refractivity contribution in [2.45, 2.75) is 37.8 Å². The van der Waals surface area contributed by atoms with Gasteiger partial charge in [0.15, 0.2) is 9.84 Å². The van der Waals surface area contributed by atoms with Crippen molar-refractivity contribution in [3.63, 3.8) is 0 Å². The summed E-state index contributed by atoms with van der Waals surface area (Å²) in [7, 11) is -2.94. The Kier molecular flexibility index (Phi) is 4.41. The van der Waals surface area contributed by atoms with Gasteiger partial charge in [-0.2, -0.15) is 0 Å². The fourth-order valence-corrected chi connectivity index (χ4v) is 2.74. The zero-order valence-corrected chi connectivity index (χ0v) is 8.74. The van der Waals surface area contributed by atoms with Crippen LogP contribution in [-0.4, -0.2) is 24.8 Å². The highest BCUT2D eigenvalue weighted by atomic mass is 35.5. The van der Waals surface area contributed by atoms with Crippen LogP contribution in [-0.2, 0) is 9.84 Å². The smallest absolute Gasteiger partial charge is 0.154 e. The van der Waals surface area contributed by atoms with Gasteiger partial charge in [0.05, 0.1) is 11.0 Å². The third-order valence-electron chi connectivity index (χ3n) is 1.65. The first-order valence-corrected chi connectivity index (χ1v) is 5.91. The lowest BCUT2D eigenvalue weighted by molar-refractivity contribution is 0.580. The molecule has 2 unspecified atom stereocenters. The molecule has 0 fully saturated rings. The normalized spacial score (nSPS) is 17.8. The summed E-state index contributed by atoms with van der Waals surface area (Å²) in [5, 5.41) is -0.544. The second-order valence-corrected chi connectivity index (χ2v) is 6.04.